The van der Waals surface area contributed by atoms with Crippen molar-refractivity contribution in [2.45, 2.75) is 116 Å². The van der Waals surface area contributed by atoms with E-state index in [2.05, 4.69) is 6.92 Å². The summed E-state index contributed by atoms with van der Waals surface area (Å²) in [5, 5.41) is 19.2. The monoisotopic (exact) mass is 902 g/mol. The van der Waals surface area contributed by atoms with Gasteiger partial charge in [0.2, 0.25) is 0 Å². The number of ketones is 1. The summed E-state index contributed by atoms with van der Waals surface area (Å²) in [6.07, 6.45) is 6.13. The van der Waals surface area contributed by atoms with Crippen LogP contribution in [-0.4, -0.2) is 145 Å². The van der Waals surface area contributed by atoms with Crippen LogP contribution in [0, 0.1) is 11.8 Å². The van der Waals surface area contributed by atoms with Gasteiger partial charge in [-0.25, -0.2) is 14.4 Å². The number of amides is 2. The van der Waals surface area contributed by atoms with Crippen molar-refractivity contribution < 1.29 is 86.9 Å². The van der Waals surface area contributed by atoms with Crippen LogP contribution in [0.4, 0.5) is 9.59 Å². The van der Waals surface area contributed by atoms with Crippen LogP contribution in [0.5, 0.6) is 11.5 Å². The van der Waals surface area contributed by atoms with Crippen LogP contribution in [-0.2, 0) is 33.3 Å². The molecule has 5 aliphatic rings. The fraction of sp³-hybridized carbons (Fsp3) is 0.583. The second-order valence-corrected chi connectivity index (χ2v) is 18.4. The molecule has 17 heteroatoms. The molecule has 0 bridgehead atoms. The van der Waals surface area contributed by atoms with E-state index in [1.54, 1.807) is 55.8 Å². The molecule has 0 spiro atoms. The largest absolute Gasteiger partial charge is 1.00 e. The van der Waals surface area contributed by atoms with Crippen LogP contribution in [0.3, 0.4) is 0 Å². The van der Waals surface area contributed by atoms with Crippen molar-refractivity contribution in [3.63, 3.8) is 0 Å². The summed E-state index contributed by atoms with van der Waals surface area (Å²) in [5.74, 6) is -0.150. The van der Waals surface area contributed by atoms with E-state index in [0.717, 1.165) is 40.4 Å². The number of Topliss-reactive ketones (excluding diaryl/α,β-unsaturated/α-hetero) is 1. The molecule has 0 radical (unpaired) electrons. The molecule has 0 saturated carbocycles. The molecular formula is C48H67LiN2O14. The predicted molar refractivity (Wildman–Crippen MR) is 237 cm³/mol. The van der Waals surface area contributed by atoms with E-state index in [9.17, 15) is 29.4 Å². The Morgan fingerprint density at radius 1 is 0.692 bits per heavy atom. The van der Waals surface area contributed by atoms with Gasteiger partial charge in [-0.1, -0.05) is 36.4 Å². The molecule has 0 aromatic heterocycles. The minimum absolute atomic E-state index is 0. The van der Waals surface area contributed by atoms with Crippen molar-refractivity contribution in [1.29, 1.82) is 0 Å². The Hall–Kier alpha value is -4.40. The van der Waals surface area contributed by atoms with Gasteiger partial charge in [0.1, 0.15) is 35.3 Å². The molecule has 7 rings (SSSR count). The number of carboxylic acids is 1. The first-order valence-corrected chi connectivity index (χ1v) is 21.7. The maximum atomic E-state index is 12.7. The van der Waals surface area contributed by atoms with E-state index in [1.807, 2.05) is 60.7 Å². The average Bonchev–Trinajstić information content (AvgIpc) is 3.88. The summed E-state index contributed by atoms with van der Waals surface area (Å²) in [6.45, 7) is 14.3. The SMILES string of the molecule is CC1CCCO1.COc1ccc(C2=CCO[C@@H]3[C@@H](C2)CN(C(=O)OC(C)(C)C)[C@@H]3C(=O)CO)cc1.COc1ccc(C2=CCO[C@@H]3[C@@H](C2)CN(C(=O)OC(C)(C)C)[C@@H]3C(=O)O)cc1.[Li+].[OH-]. The maximum Gasteiger partial charge on any atom is 1.00 e. The zero-order valence-corrected chi connectivity index (χ0v) is 39.6. The van der Waals surface area contributed by atoms with Gasteiger partial charge in [0.15, 0.2) is 11.8 Å². The van der Waals surface area contributed by atoms with Crippen LogP contribution < -0.4 is 28.3 Å². The van der Waals surface area contributed by atoms with Crippen molar-refractivity contribution in [2.75, 3.05) is 53.7 Å². The number of carbonyl (C=O) groups is 4. The summed E-state index contributed by atoms with van der Waals surface area (Å²) >= 11 is 0. The number of ether oxygens (including phenoxy) is 7. The molecule has 3 saturated heterocycles. The average molecular weight is 903 g/mol. The molecule has 2 aromatic rings. The maximum absolute atomic E-state index is 12.7. The standard InChI is InChI=1S/C22H29NO6.C21H27NO6.C5H10O.Li.H2O/c1-22(2,3)29-21(26)23-12-16-11-15(14-5-7-17(27-4)8-6-14)9-10-28-20(16)19(23)18(25)13-24;1-21(2,3)28-20(25)22-12-15-11-14(13-5-7-16(26-4)8-6-13)9-10-27-18(15)17(22)19(23)24;1-5-3-2-4-6-5;;/h5-9,16,19-20,24H,10-13H2,1-4H3;5-9,15,17-18H,10-12H2,1-4H3,(H,23,24);5H,2-4H2,1H3;;1H2/q;;;+1;/p-1/t16-,19+,20+;15-,17-,18+;;;/m00.../s1. The second-order valence-electron chi connectivity index (χ2n) is 18.4. The number of aliphatic hydroxyl groups excluding tert-OH is 1. The molecule has 0 aliphatic carbocycles. The molecule has 354 valence electrons. The minimum atomic E-state index is -1.08. The number of hydrogen-bond donors (Lipinski definition) is 2. The van der Waals surface area contributed by atoms with Gasteiger partial charge in [-0.05, 0) is 121 Å². The molecule has 5 heterocycles. The zero-order chi connectivity index (χ0) is 46.1. The van der Waals surface area contributed by atoms with Gasteiger partial charge in [-0.3, -0.25) is 14.6 Å². The van der Waals surface area contributed by atoms with Gasteiger partial charge in [0.05, 0.1) is 45.7 Å². The summed E-state index contributed by atoms with van der Waals surface area (Å²) in [7, 11) is 3.24. The van der Waals surface area contributed by atoms with E-state index < -0.39 is 66.0 Å². The molecule has 7 atom stereocenters. The number of carboxylic acid groups (broad SMARTS) is 1. The first kappa shape index (κ1) is 54.9. The van der Waals surface area contributed by atoms with E-state index in [4.69, 9.17) is 33.2 Å². The molecule has 65 heavy (non-hydrogen) atoms. The molecule has 5 aliphatic heterocycles. The van der Waals surface area contributed by atoms with E-state index in [0.29, 0.717) is 38.7 Å². The fourth-order valence-electron chi connectivity index (χ4n) is 8.44. The topological polar surface area (TPSA) is 210 Å². The first-order chi connectivity index (χ1) is 29.8. The summed E-state index contributed by atoms with van der Waals surface area (Å²) in [5.41, 5.74) is 2.89. The Kier molecular flexibility index (Phi) is 20.6. The number of hydrogen-bond acceptors (Lipinski definition) is 13. The van der Waals surface area contributed by atoms with Crippen LogP contribution in [0.2, 0.25) is 0 Å². The Balaban J connectivity index is 0.000000297. The zero-order valence-electron chi connectivity index (χ0n) is 39.6. The van der Waals surface area contributed by atoms with Crippen LogP contribution in [0.15, 0.2) is 60.7 Å². The normalized spacial score (nSPS) is 24.7. The Morgan fingerprint density at radius 3 is 1.43 bits per heavy atom. The number of rotatable bonds is 7. The van der Waals surface area contributed by atoms with Crippen LogP contribution >= 0.6 is 0 Å². The van der Waals surface area contributed by atoms with Crippen molar-refractivity contribution in [1.82, 2.24) is 9.80 Å². The number of aliphatic carboxylic acids is 1. The van der Waals surface area contributed by atoms with E-state index in [1.165, 1.54) is 22.6 Å². The molecule has 3 N–H and O–H groups in total. The smallest absolute Gasteiger partial charge is 0.870 e. The number of nitrogens with zero attached hydrogens (tertiary/aromatic N) is 2. The fourth-order valence-corrected chi connectivity index (χ4v) is 8.44. The third-order valence-corrected chi connectivity index (χ3v) is 11.4. The summed E-state index contributed by atoms with van der Waals surface area (Å²) < 4.78 is 38.3. The predicted octanol–water partition coefficient (Wildman–Crippen LogP) is 3.86. The third-order valence-electron chi connectivity index (χ3n) is 11.4. The van der Waals surface area contributed by atoms with Gasteiger partial charge in [-0.2, -0.15) is 0 Å². The number of allylic oxidation sites excluding steroid dienone is 2. The number of likely N-dealkylation sites (tertiary alicyclic amines) is 2. The van der Waals surface area contributed by atoms with Crippen molar-refractivity contribution in [3.05, 3.63) is 71.8 Å². The van der Waals surface area contributed by atoms with E-state index in [-0.39, 0.29) is 42.7 Å². The Morgan fingerprint density at radius 2 is 1.11 bits per heavy atom. The second kappa shape index (κ2) is 24.4. The number of benzene rings is 2. The quantitative estimate of drug-likeness (QED) is 0.379. The molecule has 3 fully saturated rings. The van der Waals surface area contributed by atoms with Gasteiger partial charge in [0.25, 0.3) is 0 Å². The number of aliphatic hydroxyl groups is 1. The Labute approximate surface area is 395 Å². The van der Waals surface area contributed by atoms with E-state index >= 15 is 0 Å². The summed E-state index contributed by atoms with van der Waals surface area (Å²) in [4.78, 5) is 52.4. The minimum Gasteiger partial charge on any atom is -0.870 e. The molecule has 2 aromatic carbocycles. The van der Waals surface area contributed by atoms with Crippen molar-refractivity contribution >= 4 is 35.1 Å². The van der Waals surface area contributed by atoms with Crippen LogP contribution in [0.25, 0.3) is 11.1 Å². The van der Waals surface area contributed by atoms with Gasteiger partial charge in [-0.15, -0.1) is 0 Å². The number of fused-ring (bicyclic) bond motifs is 2. The molecule has 2 amide bonds. The molecule has 16 nitrogen and oxygen atoms in total. The first-order valence-electron chi connectivity index (χ1n) is 21.7. The molecule has 1 unspecified atom stereocenters. The van der Waals surface area contributed by atoms with Crippen molar-refractivity contribution in [3.8, 4) is 11.5 Å². The van der Waals surface area contributed by atoms with Crippen LogP contribution in [0.1, 0.15) is 85.3 Å². The number of methoxy groups -OCH3 is 2. The number of carbonyl (C=O) groups excluding carboxylic acids is 3. The van der Waals surface area contributed by atoms with Gasteiger partial charge < -0.3 is 48.8 Å². The van der Waals surface area contributed by atoms with Crippen molar-refractivity contribution in [2.24, 2.45) is 11.8 Å². The third kappa shape index (κ3) is 15.1. The van der Waals surface area contributed by atoms with Gasteiger partial charge >= 0.3 is 37.0 Å². The van der Waals surface area contributed by atoms with Gasteiger partial charge in [0, 0.05) is 31.5 Å². The Bertz CT molecular complexity index is 1940. The summed E-state index contributed by atoms with van der Waals surface area (Å²) in [6, 6.07) is 13.6. The molecular weight excluding hydrogens is 835 g/mol.